The minimum atomic E-state index is -0.243. The summed E-state index contributed by atoms with van der Waals surface area (Å²) in [6.07, 6.45) is 0. The summed E-state index contributed by atoms with van der Waals surface area (Å²) in [4.78, 5) is 0. The highest BCUT2D eigenvalue weighted by molar-refractivity contribution is 9.10. The largest absolute Gasteiger partial charge is 0.340 e. The Kier molecular flexibility index (Phi) is 4.58. The highest BCUT2D eigenvalue weighted by Crippen LogP contribution is 2.18. The van der Waals surface area contributed by atoms with E-state index < -0.39 is 0 Å². The summed E-state index contributed by atoms with van der Waals surface area (Å²) in [5, 5.41) is 12.3. The fourth-order valence-corrected chi connectivity index (χ4v) is 2.45. The number of nitriles is 1. The van der Waals surface area contributed by atoms with Gasteiger partial charge in [-0.3, -0.25) is 0 Å². The van der Waals surface area contributed by atoms with E-state index in [0.717, 1.165) is 21.3 Å². The van der Waals surface area contributed by atoms with E-state index in [-0.39, 0.29) is 5.82 Å². The normalized spacial score (nSPS) is 10.6. The number of nitrogens with one attached hydrogen (secondary N) is 1. The molecule has 0 unspecified atom stereocenters. The molecule has 1 aromatic heterocycles. The zero-order valence-corrected chi connectivity index (χ0v) is 13.0. The maximum absolute atomic E-state index is 13.2. The molecule has 104 valence electrons. The van der Waals surface area contributed by atoms with Crippen LogP contribution in [0.4, 0.5) is 4.39 Å². The number of nitrogens with zero attached hydrogens (tertiary/aromatic N) is 2. The monoisotopic (exact) mass is 335 g/mol. The maximum atomic E-state index is 13.2. The van der Waals surface area contributed by atoms with Gasteiger partial charge in [-0.1, -0.05) is 15.9 Å². The average molecular weight is 336 g/mol. The third-order valence-electron chi connectivity index (χ3n) is 3.39. The van der Waals surface area contributed by atoms with Crippen LogP contribution in [0.15, 0.2) is 28.7 Å². The molecule has 0 amide bonds. The van der Waals surface area contributed by atoms with E-state index >= 15 is 0 Å². The van der Waals surface area contributed by atoms with Gasteiger partial charge < -0.3 is 9.88 Å². The first-order valence-corrected chi connectivity index (χ1v) is 7.02. The molecule has 1 aromatic carbocycles. The van der Waals surface area contributed by atoms with Crippen LogP contribution in [0.3, 0.4) is 0 Å². The lowest BCUT2D eigenvalue weighted by Gasteiger charge is -2.07. The van der Waals surface area contributed by atoms with Crippen molar-refractivity contribution in [3.05, 3.63) is 57.1 Å². The van der Waals surface area contributed by atoms with Crippen molar-refractivity contribution in [2.24, 2.45) is 7.05 Å². The number of benzene rings is 1. The smallest absolute Gasteiger partial charge is 0.123 e. The van der Waals surface area contributed by atoms with Crippen molar-refractivity contribution in [3.8, 4) is 6.07 Å². The number of aromatic nitrogens is 1. The molecule has 0 atom stereocenters. The second-order valence-electron chi connectivity index (χ2n) is 4.65. The van der Waals surface area contributed by atoms with Gasteiger partial charge >= 0.3 is 0 Å². The zero-order chi connectivity index (χ0) is 14.7. The summed E-state index contributed by atoms with van der Waals surface area (Å²) in [7, 11) is 1.88. The fraction of sp³-hybridized carbons (Fsp3) is 0.267. The molecule has 5 heteroatoms. The summed E-state index contributed by atoms with van der Waals surface area (Å²) in [5.41, 5.74) is 3.66. The Morgan fingerprint density at radius 2 is 2.00 bits per heavy atom. The lowest BCUT2D eigenvalue weighted by Crippen LogP contribution is -2.13. The molecule has 0 saturated carbocycles. The van der Waals surface area contributed by atoms with E-state index in [9.17, 15) is 4.39 Å². The second kappa shape index (κ2) is 6.21. The Morgan fingerprint density at radius 3 is 2.65 bits per heavy atom. The first-order valence-electron chi connectivity index (χ1n) is 6.23. The summed E-state index contributed by atoms with van der Waals surface area (Å²) < 4.78 is 15.9. The number of rotatable bonds is 4. The molecule has 1 heterocycles. The Labute approximate surface area is 126 Å². The predicted octanol–water partition coefficient (Wildman–Crippen LogP) is 3.40. The highest BCUT2D eigenvalue weighted by Gasteiger charge is 2.08. The Bertz CT molecular complexity index is 670. The quantitative estimate of drug-likeness (QED) is 0.930. The van der Waals surface area contributed by atoms with Gasteiger partial charge in [0.15, 0.2) is 0 Å². The number of halogens is 2. The summed E-state index contributed by atoms with van der Waals surface area (Å²) in [6, 6.07) is 8.67. The van der Waals surface area contributed by atoms with Crippen LogP contribution in [-0.2, 0) is 20.1 Å². The van der Waals surface area contributed by atoms with Crippen LogP contribution < -0.4 is 5.32 Å². The molecule has 0 aliphatic heterocycles. The van der Waals surface area contributed by atoms with Crippen LogP contribution in [0.25, 0.3) is 0 Å². The topological polar surface area (TPSA) is 40.8 Å². The molecule has 0 saturated heterocycles. The minimum absolute atomic E-state index is 0.243. The summed E-state index contributed by atoms with van der Waals surface area (Å²) in [6.45, 7) is 3.19. The van der Waals surface area contributed by atoms with Gasteiger partial charge in [-0.25, -0.2) is 4.39 Å². The molecule has 0 radical (unpaired) electrons. The average Bonchev–Trinajstić information content (AvgIpc) is 2.70. The lowest BCUT2D eigenvalue weighted by atomic mass is 10.2. The van der Waals surface area contributed by atoms with E-state index in [0.29, 0.717) is 18.8 Å². The Balaban J connectivity index is 2.03. The Morgan fingerprint density at radius 1 is 1.30 bits per heavy atom. The van der Waals surface area contributed by atoms with E-state index in [2.05, 4.69) is 27.3 Å². The zero-order valence-electron chi connectivity index (χ0n) is 11.4. The highest BCUT2D eigenvalue weighted by atomic mass is 79.9. The molecule has 0 bridgehead atoms. The molecule has 0 aliphatic carbocycles. The molecular formula is C15H15BrFN3. The van der Waals surface area contributed by atoms with Crippen LogP contribution >= 0.6 is 15.9 Å². The van der Waals surface area contributed by atoms with Gasteiger partial charge in [0.2, 0.25) is 0 Å². The van der Waals surface area contributed by atoms with E-state index in [1.807, 2.05) is 24.6 Å². The molecule has 2 rings (SSSR count). The van der Waals surface area contributed by atoms with Crippen LogP contribution in [-0.4, -0.2) is 4.57 Å². The number of hydrogen-bond acceptors (Lipinski definition) is 2. The summed E-state index contributed by atoms with van der Waals surface area (Å²) in [5.74, 6) is -0.243. The van der Waals surface area contributed by atoms with Crippen molar-refractivity contribution in [2.75, 3.05) is 0 Å². The van der Waals surface area contributed by atoms with Gasteiger partial charge in [0.05, 0.1) is 0 Å². The van der Waals surface area contributed by atoms with Crippen molar-refractivity contribution >= 4 is 15.9 Å². The van der Waals surface area contributed by atoms with Crippen molar-refractivity contribution in [1.29, 1.82) is 5.26 Å². The predicted molar refractivity (Wildman–Crippen MR) is 79.5 cm³/mol. The molecule has 3 nitrogen and oxygen atoms in total. The Hall–Kier alpha value is -1.64. The van der Waals surface area contributed by atoms with Gasteiger partial charge in [-0.05, 0) is 42.3 Å². The molecule has 0 spiro atoms. The molecule has 20 heavy (non-hydrogen) atoms. The molecular weight excluding hydrogens is 321 g/mol. The van der Waals surface area contributed by atoms with Crippen LogP contribution in [0, 0.1) is 24.1 Å². The first-order chi connectivity index (χ1) is 9.52. The molecule has 0 fully saturated rings. The third kappa shape index (κ3) is 3.09. The van der Waals surface area contributed by atoms with Crippen LogP contribution in [0.1, 0.15) is 22.5 Å². The molecule has 2 aromatic rings. The van der Waals surface area contributed by atoms with E-state index in [4.69, 9.17) is 5.26 Å². The van der Waals surface area contributed by atoms with Crippen LogP contribution in [0.2, 0.25) is 0 Å². The van der Waals surface area contributed by atoms with Crippen molar-refractivity contribution in [3.63, 3.8) is 0 Å². The minimum Gasteiger partial charge on any atom is -0.340 e. The SMILES string of the molecule is Cc1c(CNCc2cc(F)ccc2Br)cc(C#N)n1C. The molecule has 1 N–H and O–H groups in total. The maximum Gasteiger partial charge on any atom is 0.123 e. The van der Waals surface area contributed by atoms with Crippen molar-refractivity contribution in [1.82, 2.24) is 9.88 Å². The second-order valence-corrected chi connectivity index (χ2v) is 5.50. The van der Waals surface area contributed by atoms with E-state index in [1.54, 1.807) is 6.07 Å². The van der Waals surface area contributed by atoms with Crippen LogP contribution in [0.5, 0.6) is 0 Å². The summed E-state index contributed by atoms with van der Waals surface area (Å²) >= 11 is 3.40. The molecule has 0 aliphatic rings. The fourth-order valence-electron chi connectivity index (χ4n) is 2.06. The van der Waals surface area contributed by atoms with Gasteiger partial charge in [0, 0.05) is 30.3 Å². The van der Waals surface area contributed by atoms with Gasteiger partial charge in [-0.15, -0.1) is 0 Å². The van der Waals surface area contributed by atoms with Crippen molar-refractivity contribution in [2.45, 2.75) is 20.0 Å². The lowest BCUT2D eigenvalue weighted by molar-refractivity contribution is 0.619. The standard InChI is InChI=1S/C15H15BrFN3/c1-10-11(6-14(7-18)20(10)2)8-19-9-12-5-13(17)3-4-15(12)16/h3-6,19H,8-9H2,1-2H3. The third-order valence-corrected chi connectivity index (χ3v) is 4.17. The first kappa shape index (κ1) is 14.8. The van der Waals surface area contributed by atoms with Gasteiger partial charge in [-0.2, -0.15) is 5.26 Å². The number of hydrogen-bond donors (Lipinski definition) is 1. The van der Waals surface area contributed by atoms with Gasteiger partial charge in [0.25, 0.3) is 0 Å². The van der Waals surface area contributed by atoms with Gasteiger partial charge in [0.1, 0.15) is 17.6 Å². The van der Waals surface area contributed by atoms with E-state index in [1.165, 1.54) is 12.1 Å². The van der Waals surface area contributed by atoms with Crippen molar-refractivity contribution < 1.29 is 4.39 Å².